The van der Waals surface area contributed by atoms with E-state index in [-0.39, 0.29) is 11.4 Å². The minimum Gasteiger partial charge on any atom is -0.460 e. The van der Waals surface area contributed by atoms with Crippen LogP contribution in [0.5, 0.6) is 0 Å². The molecule has 0 aliphatic rings. The number of hydrogen-bond donors (Lipinski definition) is 0. The summed E-state index contributed by atoms with van der Waals surface area (Å²) in [7, 11) is 0.673. The maximum atomic E-state index is 11.3. The van der Waals surface area contributed by atoms with Gasteiger partial charge in [-0.3, -0.25) is 0 Å². The molecule has 13 heavy (non-hydrogen) atoms. The van der Waals surface area contributed by atoms with E-state index >= 15 is 0 Å². The number of esters is 1. The summed E-state index contributed by atoms with van der Waals surface area (Å²) in [4.78, 5) is 11.3. The third-order valence-corrected chi connectivity index (χ3v) is 2.08. The van der Waals surface area contributed by atoms with Gasteiger partial charge in [0.25, 0.3) is 0 Å². The predicted octanol–water partition coefficient (Wildman–Crippen LogP) is 0.429. The summed E-state index contributed by atoms with van der Waals surface area (Å²) in [6.07, 6.45) is 0. The Balaban J connectivity index is 3.92. The molecule has 0 aromatic rings. The number of hydrogen-bond acceptors (Lipinski definition) is 3. The Labute approximate surface area is 82.7 Å². The van der Waals surface area contributed by atoms with Crippen molar-refractivity contribution in [2.45, 2.75) is 20.8 Å². The second kappa shape index (κ2) is 5.19. The first-order chi connectivity index (χ1) is 5.89. The Hall–Kier alpha value is -0.613. The average molecular weight is 202 g/mol. The van der Waals surface area contributed by atoms with Crippen LogP contribution in [-0.2, 0) is 14.0 Å². The fraction of sp³-hybridized carbons (Fsp3) is 0.667. The van der Waals surface area contributed by atoms with Gasteiger partial charge >= 0.3 is 5.97 Å². The third-order valence-electron chi connectivity index (χ3n) is 1.67. The molecule has 0 aromatic heterocycles. The molecule has 0 fully saturated rings. The number of carbonyl (C=O) groups is 1. The van der Waals surface area contributed by atoms with Gasteiger partial charge in [0.2, 0.25) is 0 Å². The van der Waals surface area contributed by atoms with Gasteiger partial charge < -0.3 is 9.16 Å². The van der Waals surface area contributed by atoms with E-state index in [9.17, 15) is 4.79 Å². The monoisotopic (exact) mass is 202 g/mol. The number of carbonyl (C=O) groups excluding carboxylic acids is 1. The molecule has 3 nitrogen and oxygen atoms in total. The topological polar surface area (TPSA) is 35.5 Å². The van der Waals surface area contributed by atoms with E-state index in [0.717, 1.165) is 0 Å². The van der Waals surface area contributed by atoms with Crippen LogP contribution in [0.4, 0.5) is 0 Å². The van der Waals surface area contributed by atoms with Gasteiger partial charge in [0.15, 0.2) is 0 Å². The fourth-order valence-corrected chi connectivity index (χ4v) is 0.778. The van der Waals surface area contributed by atoms with Gasteiger partial charge in [-0.15, -0.1) is 0 Å². The summed E-state index contributed by atoms with van der Waals surface area (Å²) in [6, 6.07) is 0. The fourth-order valence-electron chi connectivity index (χ4n) is 0.611. The molecule has 0 saturated carbocycles. The van der Waals surface area contributed by atoms with Crippen molar-refractivity contribution in [3.8, 4) is 0 Å². The van der Waals surface area contributed by atoms with Crippen LogP contribution >= 0.6 is 0 Å². The summed E-state index contributed by atoms with van der Waals surface area (Å²) in [5, 5.41) is 0. The molecular weight excluding hydrogens is 184 g/mol. The molecule has 0 bridgehead atoms. The average Bonchev–Trinajstić information content (AvgIpc) is 2.01. The van der Waals surface area contributed by atoms with Crippen LogP contribution in [0.15, 0.2) is 12.2 Å². The van der Waals surface area contributed by atoms with Gasteiger partial charge in [-0.2, -0.15) is 0 Å². The Morgan fingerprint density at radius 2 is 1.92 bits per heavy atom. The lowest BCUT2D eigenvalue weighted by Gasteiger charge is -2.19. The SMILES string of the molecule is C=C(C(=O)OCCO[SiH3])C(C)(C)C. The lowest BCUT2D eigenvalue weighted by atomic mass is 9.88. The highest BCUT2D eigenvalue weighted by atomic mass is 28.2. The molecule has 0 amide bonds. The van der Waals surface area contributed by atoms with E-state index in [1.54, 1.807) is 0 Å². The zero-order valence-electron chi connectivity index (χ0n) is 8.85. The first-order valence-corrected chi connectivity index (χ1v) is 5.06. The smallest absolute Gasteiger partial charge is 0.334 e. The molecule has 0 aromatic carbocycles. The van der Waals surface area contributed by atoms with E-state index < -0.39 is 0 Å². The second-order valence-corrected chi connectivity index (χ2v) is 4.43. The van der Waals surface area contributed by atoms with E-state index in [4.69, 9.17) is 9.16 Å². The minimum absolute atomic E-state index is 0.223. The molecule has 0 spiro atoms. The third kappa shape index (κ3) is 4.85. The van der Waals surface area contributed by atoms with Gasteiger partial charge in [0, 0.05) is 5.57 Å². The molecule has 0 radical (unpaired) electrons. The van der Waals surface area contributed by atoms with Gasteiger partial charge in [-0.25, -0.2) is 4.79 Å². The summed E-state index contributed by atoms with van der Waals surface area (Å²) in [5.41, 5.74) is 0.277. The molecular formula is C9H18O3Si. The van der Waals surface area contributed by atoms with Crippen LogP contribution in [0.1, 0.15) is 20.8 Å². The van der Waals surface area contributed by atoms with Crippen molar-refractivity contribution in [2.24, 2.45) is 5.41 Å². The highest BCUT2D eigenvalue weighted by molar-refractivity contribution is 5.97. The molecule has 0 saturated heterocycles. The predicted molar refractivity (Wildman–Crippen MR) is 55.4 cm³/mol. The van der Waals surface area contributed by atoms with E-state index in [0.29, 0.717) is 29.3 Å². The zero-order chi connectivity index (χ0) is 10.5. The van der Waals surface area contributed by atoms with Crippen LogP contribution in [0.3, 0.4) is 0 Å². The molecule has 0 rings (SSSR count). The normalized spacial score (nSPS) is 11.3. The Morgan fingerprint density at radius 3 is 2.31 bits per heavy atom. The van der Waals surface area contributed by atoms with E-state index in [2.05, 4.69) is 6.58 Å². The molecule has 0 atom stereocenters. The van der Waals surface area contributed by atoms with Gasteiger partial charge in [-0.05, 0) is 5.41 Å². The second-order valence-electron chi connectivity index (χ2n) is 3.86. The van der Waals surface area contributed by atoms with Gasteiger partial charge in [0.1, 0.15) is 17.1 Å². The largest absolute Gasteiger partial charge is 0.460 e. The summed E-state index contributed by atoms with van der Waals surface area (Å²) >= 11 is 0. The van der Waals surface area contributed by atoms with Crippen molar-refractivity contribution in [2.75, 3.05) is 13.2 Å². The minimum atomic E-state index is -0.328. The molecule has 0 N–H and O–H groups in total. The lowest BCUT2D eigenvalue weighted by molar-refractivity contribution is -0.140. The maximum Gasteiger partial charge on any atom is 0.334 e. The van der Waals surface area contributed by atoms with Crippen LogP contribution in [-0.4, -0.2) is 29.7 Å². The molecule has 0 aliphatic carbocycles. The maximum absolute atomic E-state index is 11.3. The van der Waals surface area contributed by atoms with Gasteiger partial charge in [-0.1, -0.05) is 27.4 Å². The lowest BCUT2D eigenvalue weighted by Crippen LogP contribution is -2.20. The first-order valence-electron chi connectivity index (χ1n) is 4.25. The van der Waals surface area contributed by atoms with E-state index in [1.807, 2.05) is 20.8 Å². The number of ether oxygens (including phenoxy) is 1. The Kier molecular flexibility index (Phi) is 4.94. The summed E-state index contributed by atoms with van der Waals surface area (Å²) < 4.78 is 9.82. The van der Waals surface area contributed by atoms with Crippen molar-refractivity contribution in [1.82, 2.24) is 0 Å². The standard InChI is InChI=1S/C9H18O3Si/c1-7(9(2,3)4)8(10)11-5-6-12-13/h1,5-6H2,2-4,13H3. The Bertz CT molecular complexity index is 194. The zero-order valence-corrected chi connectivity index (χ0v) is 10.8. The number of rotatable bonds is 4. The van der Waals surface area contributed by atoms with Crippen molar-refractivity contribution < 1.29 is 14.0 Å². The van der Waals surface area contributed by atoms with E-state index in [1.165, 1.54) is 0 Å². The van der Waals surface area contributed by atoms with Crippen molar-refractivity contribution in [1.29, 1.82) is 0 Å². The Morgan fingerprint density at radius 1 is 1.38 bits per heavy atom. The molecule has 0 aliphatic heterocycles. The summed E-state index contributed by atoms with van der Waals surface area (Å²) in [6.45, 7) is 10.3. The molecule has 4 heteroatoms. The van der Waals surface area contributed by atoms with Crippen molar-refractivity contribution >= 4 is 16.5 Å². The van der Waals surface area contributed by atoms with Crippen LogP contribution < -0.4 is 0 Å². The van der Waals surface area contributed by atoms with Crippen molar-refractivity contribution in [3.05, 3.63) is 12.2 Å². The van der Waals surface area contributed by atoms with Crippen LogP contribution in [0.2, 0.25) is 0 Å². The van der Waals surface area contributed by atoms with Crippen molar-refractivity contribution in [3.63, 3.8) is 0 Å². The van der Waals surface area contributed by atoms with Crippen LogP contribution in [0.25, 0.3) is 0 Å². The highest BCUT2D eigenvalue weighted by Gasteiger charge is 2.22. The molecule has 76 valence electrons. The highest BCUT2D eigenvalue weighted by Crippen LogP contribution is 2.24. The quantitative estimate of drug-likeness (QED) is 0.287. The summed E-state index contributed by atoms with van der Waals surface area (Å²) in [5.74, 6) is -0.328. The molecule has 0 heterocycles. The first kappa shape index (κ1) is 12.4. The van der Waals surface area contributed by atoms with Crippen LogP contribution in [0, 0.1) is 5.41 Å². The molecule has 0 unspecified atom stereocenters. The van der Waals surface area contributed by atoms with Gasteiger partial charge in [0.05, 0.1) is 6.61 Å².